The molecule has 3 heteroatoms. The van der Waals surface area contributed by atoms with Crippen molar-refractivity contribution >= 4 is 0 Å². The number of rotatable bonds is 8. The molecule has 0 amide bonds. The molecule has 1 saturated heterocycles. The van der Waals surface area contributed by atoms with E-state index in [-0.39, 0.29) is 0 Å². The van der Waals surface area contributed by atoms with E-state index in [1.54, 1.807) is 0 Å². The van der Waals surface area contributed by atoms with Crippen LogP contribution in [-0.4, -0.2) is 56.6 Å². The lowest BCUT2D eigenvalue weighted by molar-refractivity contribution is 0.154. The standard InChI is InChI=1S/C16H35N3/c1-16(2,9-10-17)8-5-11-19-12-6-15(7-13-19)14-18(3)4/h15H,5-14,17H2,1-4H3. The molecule has 1 aliphatic rings. The molecule has 0 bridgehead atoms. The van der Waals surface area contributed by atoms with Crippen molar-refractivity contribution in [3.8, 4) is 0 Å². The fourth-order valence-electron chi connectivity index (χ4n) is 3.21. The number of nitrogens with zero attached hydrogens (tertiary/aromatic N) is 2. The van der Waals surface area contributed by atoms with Crippen molar-refractivity contribution in [3.63, 3.8) is 0 Å². The van der Waals surface area contributed by atoms with Crippen LogP contribution in [0.5, 0.6) is 0 Å². The Morgan fingerprint density at radius 3 is 2.32 bits per heavy atom. The molecule has 1 rings (SSSR count). The molecular formula is C16H35N3. The Morgan fingerprint density at radius 2 is 1.79 bits per heavy atom. The van der Waals surface area contributed by atoms with E-state index in [1.807, 2.05) is 0 Å². The normalized spacial score (nSPS) is 19.3. The number of nitrogens with two attached hydrogens (primary N) is 1. The molecule has 0 atom stereocenters. The molecule has 1 aliphatic heterocycles. The fourth-order valence-corrected chi connectivity index (χ4v) is 3.21. The van der Waals surface area contributed by atoms with Crippen molar-refractivity contribution in [2.45, 2.75) is 46.0 Å². The number of piperidine rings is 1. The maximum Gasteiger partial charge on any atom is 0.000451 e. The number of likely N-dealkylation sites (tertiary alicyclic amines) is 1. The summed E-state index contributed by atoms with van der Waals surface area (Å²) in [7, 11) is 4.37. The molecule has 0 aromatic heterocycles. The Morgan fingerprint density at radius 1 is 1.16 bits per heavy atom. The van der Waals surface area contributed by atoms with E-state index in [9.17, 15) is 0 Å². The van der Waals surface area contributed by atoms with Gasteiger partial charge in [-0.2, -0.15) is 0 Å². The van der Waals surface area contributed by atoms with Crippen LogP contribution < -0.4 is 5.73 Å². The van der Waals surface area contributed by atoms with Gasteiger partial charge in [0.25, 0.3) is 0 Å². The molecule has 0 aromatic carbocycles. The van der Waals surface area contributed by atoms with Crippen LogP contribution >= 0.6 is 0 Å². The van der Waals surface area contributed by atoms with Crippen molar-refractivity contribution in [2.24, 2.45) is 17.1 Å². The molecule has 0 radical (unpaired) electrons. The first-order chi connectivity index (χ1) is 8.93. The quantitative estimate of drug-likeness (QED) is 0.734. The molecule has 0 unspecified atom stereocenters. The molecule has 1 fully saturated rings. The van der Waals surface area contributed by atoms with Crippen LogP contribution in [0.1, 0.15) is 46.0 Å². The third kappa shape index (κ3) is 7.28. The molecule has 0 saturated carbocycles. The average Bonchev–Trinajstić information content (AvgIpc) is 2.30. The van der Waals surface area contributed by atoms with Crippen LogP contribution in [0.15, 0.2) is 0 Å². The van der Waals surface area contributed by atoms with Crippen molar-refractivity contribution in [3.05, 3.63) is 0 Å². The highest BCUT2D eigenvalue weighted by molar-refractivity contribution is 4.75. The highest BCUT2D eigenvalue weighted by atomic mass is 15.1. The van der Waals surface area contributed by atoms with Gasteiger partial charge in [-0.15, -0.1) is 0 Å². The summed E-state index contributed by atoms with van der Waals surface area (Å²) in [5.74, 6) is 0.917. The minimum atomic E-state index is 0.429. The van der Waals surface area contributed by atoms with Crippen LogP contribution in [0.25, 0.3) is 0 Å². The zero-order chi connectivity index (χ0) is 14.3. The van der Waals surface area contributed by atoms with Gasteiger partial charge in [-0.1, -0.05) is 13.8 Å². The summed E-state index contributed by atoms with van der Waals surface area (Å²) in [5, 5.41) is 0. The molecule has 114 valence electrons. The third-order valence-corrected chi connectivity index (χ3v) is 4.48. The fraction of sp³-hybridized carbons (Fsp3) is 1.00. The van der Waals surface area contributed by atoms with Crippen LogP contribution in [0.3, 0.4) is 0 Å². The largest absolute Gasteiger partial charge is 0.330 e. The van der Waals surface area contributed by atoms with Crippen molar-refractivity contribution in [1.29, 1.82) is 0 Å². The second kappa shape index (κ2) is 8.23. The SMILES string of the molecule is CN(C)CC1CCN(CCCC(C)(C)CCN)CC1. The predicted molar refractivity (Wildman–Crippen MR) is 84.4 cm³/mol. The van der Waals surface area contributed by atoms with Crippen molar-refractivity contribution in [1.82, 2.24) is 9.80 Å². The highest BCUT2D eigenvalue weighted by Gasteiger charge is 2.21. The van der Waals surface area contributed by atoms with Crippen LogP contribution in [-0.2, 0) is 0 Å². The molecule has 3 nitrogen and oxygen atoms in total. The summed E-state index contributed by atoms with van der Waals surface area (Å²) < 4.78 is 0. The third-order valence-electron chi connectivity index (χ3n) is 4.48. The Balaban J connectivity index is 2.13. The van der Waals surface area contributed by atoms with E-state index >= 15 is 0 Å². The Kier molecular flexibility index (Phi) is 7.33. The maximum absolute atomic E-state index is 5.67. The molecule has 0 aromatic rings. The summed E-state index contributed by atoms with van der Waals surface area (Å²) in [6.45, 7) is 10.7. The second-order valence-corrected chi connectivity index (χ2v) is 7.35. The van der Waals surface area contributed by atoms with Gasteiger partial charge in [-0.05, 0) is 83.7 Å². The summed E-state index contributed by atoms with van der Waals surface area (Å²) in [4.78, 5) is 4.99. The van der Waals surface area contributed by atoms with Gasteiger partial charge in [0.1, 0.15) is 0 Å². The summed E-state index contributed by atoms with van der Waals surface area (Å²) in [6.07, 6.45) is 6.54. The van der Waals surface area contributed by atoms with Crippen LogP contribution in [0.4, 0.5) is 0 Å². The summed E-state index contributed by atoms with van der Waals surface area (Å²) >= 11 is 0. The smallest absolute Gasteiger partial charge is 0.000451 e. The zero-order valence-electron chi connectivity index (χ0n) is 13.6. The Bertz CT molecular complexity index is 230. The number of hydrogen-bond acceptors (Lipinski definition) is 3. The molecule has 0 aliphatic carbocycles. The minimum Gasteiger partial charge on any atom is -0.330 e. The molecule has 1 heterocycles. The van der Waals surface area contributed by atoms with Gasteiger partial charge in [0.15, 0.2) is 0 Å². The lowest BCUT2D eigenvalue weighted by Crippen LogP contribution is -2.37. The molecule has 19 heavy (non-hydrogen) atoms. The van der Waals surface area contributed by atoms with Gasteiger partial charge in [0.2, 0.25) is 0 Å². The van der Waals surface area contributed by atoms with Gasteiger partial charge < -0.3 is 15.5 Å². The summed E-state index contributed by atoms with van der Waals surface area (Å²) in [5.41, 5.74) is 6.10. The van der Waals surface area contributed by atoms with Crippen LogP contribution in [0, 0.1) is 11.3 Å². The topological polar surface area (TPSA) is 32.5 Å². The van der Waals surface area contributed by atoms with Gasteiger partial charge in [-0.25, -0.2) is 0 Å². The van der Waals surface area contributed by atoms with E-state index in [0.717, 1.165) is 18.9 Å². The van der Waals surface area contributed by atoms with E-state index in [0.29, 0.717) is 5.41 Å². The van der Waals surface area contributed by atoms with E-state index in [1.165, 1.54) is 51.9 Å². The van der Waals surface area contributed by atoms with Crippen molar-refractivity contribution in [2.75, 3.05) is 46.8 Å². The summed E-state index contributed by atoms with van der Waals surface area (Å²) in [6, 6.07) is 0. The van der Waals surface area contributed by atoms with Crippen LogP contribution in [0.2, 0.25) is 0 Å². The minimum absolute atomic E-state index is 0.429. The first-order valence-corrected chi connectivity index (χ1v) is 8.00. The highest BCUT2D eigenvalue weighted by Crippen LogP contribution is 2.26. The van der Waals surface area contributed by atoms with Gasteiger partial charge in [-0.3, -0.25) is 0 Å². The first-order valence-electron chi connectivity index (χ1n) is 8.00. The zero-order valence-corrected chi connectivity index (χ0v) is 13.6. The second-order valence-electron chi connectivity index (χ2n) is 7.35. The number of hydrogen-bond donors (Lipinski definition) is 1. The monoisotopic (exact) mass is 269 g/mol. The lowest BCUT2D eigenvalue weighted by Gasteiger charge is -2.34. The Hall–Kier alpha value is -0.120. The predicted octanol–water partition coefficient (Wildman–Crippen LogP) is 2.42. The maximum atomic E-state index is 5.67. The van der Waals surface area contributed by atoms with Gasteiger partial charge in [0, 0.05) is 6.54 Å². The van der Waals surface area contributed by atoms with E-state index in [4.69, 9.17) is 5.73 Å². The lowest BCUT2D eigenvalue weighted by atomic mass is 9.84. The average molecular weight is 269 g/mol. The van der Waals surface area contributed by atoms with E-state index in [2.05, 4.69) is 37.7 Å². The molecule has 0 spiro atoms. The van der Waals surface area contributed by atoms with E-state index < -0.39 is 0 Å². The molecular weight excluding hydrogens is 234 g/mol. The Labute approximate surface area is 120 Å². The molecule has 2 N–H and O–H groups in total. The first kappa shape index (κ1) is 16.9. The van der Waals surface area contributed by atoms with Gasteiger partial charge >= 0.3 is 0 Å². The van der Waals surface area contributed by atoms with Gasteiger partial charge in [0.05, 0.1) is 0 Å². The van der Waals surface area contributed by atoms with Crippen molar-refractivity contribution < 1.29 is 0 Å².